The Hall–Kier alpha value is -1.37. The summed E-state index contributed by atoms with van der Waals surface area (Å²) in [6.45, 7) is 3.53. The van der Waals surface area contributed by atoms with Crippen molar-refractivity contribution in [3.8, 4) is 0 Å². The van der Waals surface area contributed by atoms with E-state index in [1.54, 1.807) is 4.90 Å². The number of hydrogen-bond donors (Lipinski definition) is 0. The van der Waals surface area contributed by atoms with Gasteiger partial charge in [0, 0.05) is 18.8 Å². The average molecular weight is 247 g/mol. The van der Waals surface area contributed by atoms with Crippen LogP contribution in [0.25, 0.3) is 0 Å². The van der Waals surface area contributed by atoms with Gasteiger partial charge in [-0.3, -0.25) is 0 Å². The van der Waals surface area contributed by atoms with E-state index in [4.69, 9.17) is 4.74 Å². The fourth-order valence-corrected chi connectivity index (χ4v) is 1.60. The molecule has 1 aliphatic heterocycles. The molecule has 0 unspecified atom stereocenters. The normalized spacial score (nSPS) is 17.3. The Kier molecular flexibility index (Phi) is 3.19. The molecule has 0 radical (unpaired) electrons. The van der Waals surface area contributed by atoms with E-state index < -0.39 is 11.9 Å². The Morgan fingerprint density at radius 2 is 1.88 bits per heavy atom. The van der Waals surface area contributed by atoms with E-state index in [0.29, 0.717) is 32.0 Å². The van der Waals surface area contributed by atoms with Crippen LogP contribution in [0.15, 0.2) is 6.07 Å². The number of anilines is 1. The summed E-state index contributed by atoms with van der Waals surface area (Å²) in [5.74, 6) is 0.126. The molecule has 0 aliphatic carbocycles. The molecule has 1 fully saturated rings. The maximum atomic E-state index is 12.6. The van der Waals surface area contributed by atoms with Crippen LogP contribution in [0, 0.1) is 6.92 Å². The fourth-order valence-electron chi connectivity index (χ4n) is 1.60. The van der Waals surface area contributed by atoms with Gasteiger partial charge in [-0.1, -0.05) is 0 Å². The number of nitrogens with zero attached hydrogens (tertiary/aromatic N) is 3. The molecule has 7 heteroatoms. The van der Waals surface area contributed by atoms with Crippen LogP contribution in [0.2, 0.25) is 0 Å². The van der Waals surface area contributed by atoms with Gasteiger partial charge in [0.2, 0.25) is 5.95 Å². The quantitative estimate of drug-likeness (QED) is 0.756. The number of alkyl halides is 3. The molecule has 1 aromatic rings. The highest BCUT2D eigenvalue weighted by atomic mass is 19.4. The van der Waals surface area contributed by atoms with Crippen molar-refractivity contribution in [2.75, 3.05) is 31.2 Å². The van der Waals surface area contributed by atoms with Gasteiger partial charge >= 0.3 is 6.18 Å². The van der Waals surface area contributed by atoms with Crippen LogP contribution in [0.3, 0.4) is 0 Å². The zero-order valence-corrected chi connectivity index (χ0v) is 9.29. The van der Waals surface area contributed by atoms with Gasteiger partial charge in [0.05, 0.1) is 13.2 Å². The molecule has 0 amide bonds. The van der Waals surface area contributed by atoms with Crippen molar-refractivity contribution in [3.05, 3.63) is 17.5 Å². The molecule has 17 heavy (non-hydrogen) atoms. The fraction of sp³-hybridized carbons (Fsp3) is 0.600. The molecular weight excluding hydrogens is 235 g/mol. The first-order chi connectivity index (χ1) is 7.97. The zero-order chi connectivity index (χ0) is 12.5. The molecule has 2 heterocycles. The van der Waals surface area contributed by atoms with Gasteiger partial charge in [0.1, 0.15) is 5.69 Å². The summed E-state index contributed by atoms with van der Waals surface area (Å²) in [6, 6.07) is 0.948. The molecule has 0 bridgehead atoms. The minimum Gasteiger partial charge on any atom is -0.378 e. The van der Waals surface area contributed by atoms with Gasteiger partial charge < -0.3 is 9.64 Å². The van der Waals surface area contributed by atoms with Gasteiger partial charge in [-0.25, -0.2) is 9.97 Å². The Bertz CT molecular complexity index is 402. The third-order valence-electron chi connectivity index (χ3n) is 2.43. The van der Waals surface area contributed by atoms with E-state index in [1.807, 2.05) is 0 Å². The van der Waals surface area contributed by atoms with Crippen LogP contribution in [-0.4, -0.2) is 36.3 Å². The molecule has 2 rings (SSSR count). The van der Waals surface area contributed by atoms with Crippen molar-refractivity contribution in [2.24, 2.45) is 0 Å². The molecule has 1 saturated heterocycles. The standard InChI is InChI=1S/C10H12F3N3O/c1-7-6-8(10(11,12)13)15-9(14-7)16-2-4-17-5-3-16/h6H,2-5H2,1H3. The maximum absolute atomic E-state index is 12.6. The van der Waals surface area contributed by atoms with Crippen LogP contribution in [0.4, 0.5) is 19.1 Å². The van der Waals surface area contributed by atoms with Gasteiger partial charge in [0.15, 0.2) is 0 Å². The monoisotopic (exact) mass is 247 g/mol. The highest BCUT2D eigenvalue weighted by molar-refractivity contribution is 5.33. The van der Waals surface area contributed by atoms with Crippen LogP contribution < -0.4 is 4.90 Å². The predicted octanol–water partition coefficient (Wildman–Crippen LogP) is 1.64. The lowest BCUT2D eigenvalue weighted by Gasteiger charge is -2.27. The third-order valence-corrected chi connectivity index (χ3v) is 2.43. The van der Waals surface area contributed by atoms with Gasteiger partial charge in [-0.05, 0) is 13.0 Å². The van der Waals surface area contributed by atoms with Crippen molar-refractivity contribution in [1.29, 1.82) is 0 Å². The smallest absolute Gasteiger partial charge is 0.378 e. The molecule has 0 spiro atoms. The second-order valence-electron chi connectivity index (χ2n) is 3.79. The summed E-state index contributed by atoms with van der Waals surface area (Å²) < 4.78 is 42.9. The molecule has 0 saturated carbocycles. The van der Waals surface area contributed by atoms with E-state index in [1.165, 1.54) is 6.92 Å². The molecule has 4 nitrogen and oxygen atoms in total. The summed E-state index contributed by atoms with van der Waals surface area (Å²) in [5, 5.41) is 0. The molecule has 94 valence electrons. The second kappa shape index (κ2) is 4.48. The van der Waals surface area contributed by atoms with Crippen molar-refractivity contribution in [2.45, 2.75) is 13.1 Å². The summed E-state index contributed by atoms with van der Waals surface area (Å²) in [5.41, 5.74) is -0.583. The molecule has 0 atom stereocenters. The van der Waals surface area contributed by atoms with Gasteiger partial charge in [0.25, 0.3) is 0 Å². The van der Waals surface area contributed by atoms with Crippen molar-refractivity contribution >= 4 is 5.95 Å². The first-order valence-corrected chi connectivity index (χ1v) is 5.22. The number of ether oxygens (including phenoxy) is 1. The lowest BCUT2D eigenvalue weighted by molar-refractivity contribution is -0.141. The first-order valence-electron chi connectivity index (χ1n) is 5.22. The summed E-state index contributed by atoms with van der Waals surface area (Å²) in [7, 11) is 0. The van der Waals surface area contributed by atoms with E-state index in [2.05, 4.69) is 9.97 Å². The number of aromatic nitrogens is 2. The number of morpholine rings is 1. The second-order valence-corrected chi connectivity index (χ2v) is 3.79. The zero-order valence-electron chi connectivity index (χ0n) is 9.29. The van der Waals surface area contributed by atoms with Crippen molar-refractivity contribution < 1.29 is 17.9 Å². The maximum Gasteiger partial charge on any atom is 0.433 e. The average Bonchev–Trinajstić information content (AvgIpc) is 2.28. The Balaban J connectivity index is 2.31. The van der Waals surface area contributed by atoms with Gasteiger partial charge in [-0.2, -0.15) is 13.2 Å². The Labute approximate surface area is 96.4 Å². The summed E-state index contributed by atoms with van der Waals surface area (Å²) in [6.07, 6.45) is -4.44. The van der Waals surface area contributed by atoms with Crippen LogP contribution >= 0.6 is 0 Å². The lowest BCUT2D eigenvalue weighted by atomic mass is 10.3. The Morgan fingerprint density at radius 1 is 1.24 bits per heavy atom. The van der Waals surface area contributed by atoms with Gasteiger partial charge in [-0.15, -0.1) is 0 Å². The third kappa shape index (κ3) is 2.85. The molecular formula is C10H12F3N3O. The van der Waals surface area contributed by atoms with E-state index in [9.17, 15) is 13.2 Å². The highest BCUT2D eigenvalue weighted by Crippen LogP contribution is 2.29. The summed E-state index contributed by atoms with van der Waals surface area (Å²) in [4.78, 5) is 9.29. The van der Waals surface area contributed by atoms with Crippen LogP contribution in [0.1, 0.15) is 11.4 Å². The predicted molar refractivity (Wildman–Crippen MR) is 54.8 cm³/mol. The first kappa shape index (κ1) is 12.1. The lowest BCUT2D eigenvalue weighted by Crippen LogP contribution is -2.37. The van der Waals surface area contributed by atoms with Crippen LogP contribution in [-0.2, 0) is 10.9 Å². The number of rotatable bonds is 1. The van der Waals surface area contributed by atoms with Crippen molar-refractivity contribution in [1.82, 2.24) is 9.97 Å². The van der Waals surface area contributed by atoms with E-state index in [0.717, 1.165) is 6.07 Å². The minimum absolute atomic E-state index is 0.126. The molecule has 1 aromatic heterocycles. The highest BCUT2D eigenvalue weighted by Gasteiger charge is 2.34. The molecule has 1 aliphatic rings. The van der Waals surface area contributed by atoms with Crippen LogP contribution in [0.5, 0.6) is 0 Å². The van der Waals surface area contributed by atoms with E-state index in [-0.39, 0.29) is 5.95 Å². The SMILES string of the molecule is Cc1cc(C(F)(F)F)nc(N2CCOCC2)n1. The number of hydrogen-bond acceptors (Lipinski definition) is 4. The van der Waals surface area contributed by atoms with Crippen molar-refractivity contribution in [3.63, 3.8) is 0 Å². The number of aryl methyl sites for hydroxylation is 1. The Morgan fingerprint density at radius 3 is 2.47 bits per heavy atom. The molecule has 0 aromatic carbocycles. The summed E-state index contributed by atoms with van der Waals surface area (Å²) >= 11 is 0. The largest absolute Gasteiger partial charge is 0.433 e. The topological polar surface area (TPSA) is 38.2 Å². The minimum atomic E-state index is -4.44. The number of halogens is 3. The molecule has 0 N–H and O–H groups in total. The van der Waals surface area contributed by atoms with E-state index >= 15 is 0 Å².